The number of aliphatic hydroxyl groups excluding tert-OH is 1. The third-order valence-corrected chi connectivity index (χ3v) is 11.4. The van der Waals surface area contributed by atoms with E-state index < -0.39 is 0 Å². The molecule has 0 spiro atoms. The maximum atomic E-state index is 14.0. The summed E-state index contributed by atoms with van der Waals surface area (Å²) >= 11 is 0. The number of aryl methyl sites for hydroxylation is 1. The summed E-state index contributed by atoms with van der Waals surface area (Å²) in [6.45, 7) is 12.5. The molecular weight excluding hydrogens is 670 g/mol. The number of benzene rings is 2. The van der Waals surface area contributed by atoms with Crippen molar-refractivity contribution in [3.63, 3.8) is 0 Å². The van der Waals surface area contributed by atoms with Crippen LogP contribution in [-0.4, -0.2) is 74.8 Å². The fourth-order valence-electron chi connectivity index (χ4n) is 8.62. The van der Waals surface area contributed by atoms with Gasteiger partial charge in [0.2, 0.25) is 5.91 Å². The molecule has 0 atom stereocenters. The summed E-state index contributed by atoms with van der Waals surface area (Å²) in [5, 5.41) is 17.0. The van der Waals surface area contributed by atoms with Crippen LogP contribution in [0.25, 0.3) is 11.3 Å². The first-order chi connectivity index (χ1) is 25.5. The van der Waals surface area contributed by atoms with E-state index in [0.717, 1.165) is 57.6 Å². The second-order valence-corrected chi connectivity index (χ2v) is 15.6. The normalized spacial score (nSPS) is 18.7. The highest BCUT2D eigenvalue weighted by Gasteiger charge is 2.37. The van der Waals surface area contributed by atoms with E-state index >= 15 is 0 Å². The second kappa shape index (κ2) is 13.7. The monoisotopic (exact) mass is 717 g/mol. The summed E-state index contributed by atoms with van der Waals surface area (Å²) in [6.07, 6.45) is 6.72. The minimum Gasteiger partial charge on any atom is -0.392 e. The lowest BCUT2D eigenvalue weighted by Crippen LogP contribution is -2.51. The van der Waals surface area contributed by atoms with Gasteiger partial charge in [0.05, 0.1) is 37.2 Å². The molecule has 12 heteroatoms. The smallest absolute Gasteiger partial charge is 0.293 e. The van der Waals surface area contributed by atoms with Crippen molar-refractivity contribution in [1.82, 2.24) is 19.0 Å². The molecule has 0 bridgehead atoms. The highest BCUT2D eigenvalue weighted by atomic mass is 16.5. The molecule has 2 amide bonds. The van der Waals surface area contributed by atoms with Crippen LogP contribution in [0, 0.1) is 5.41 Å². The molecule has 276 valence electrons. The van der Waals surface area contributed by atoms with Gasteiger partial charge in [-0.2, -0.15) is 0 Å². The summed E-state index contributed by atoms with van der Waals surface area (Å²) in [7, 11) is 1.66. The van der Waals surface area contributed by atoms with Gasteiger partial charge in [-0.3, -0.25) is 19.3 Å². The molecule has 5 heterocycles. The lowest BCUT2D eigenvalue weighted by molar-refractivity contribution is -0.111. The molecule has 1 aliphatic carbocycles. The Balaban J connectivity index is 1.08. The predicted molar refractivity (Wildman–Crippen MR) is 205 cm³/mol. The molecule has 3 N–H and O–H groups in total. The van der Waals surface area contributed by atoms with E-state index in [9.17, 15) is 19.5 Å². The fourth-order valence-corrected chi connectivity index (χ4v) is 8.62. The number of hydrogen-bond donors (Lipinski definition) is 3. The van der Waals surface area contributed by atoms with E-state index in [1.54, 1.807) is 18.1 Å². The van der Waals surface area contributed by atoms with Crippen molar-refractivity contribution in [2.45, 2.75) is 64.6 Å². The van der Waals surface area contributed by atoms with E-state index in [4.69, 9.17) is 9.72 Å². The van der Waals surface area contributed by atoms with Gasteiger partial charge in [0, 0.05) is 54.5 Å². The van der Waals surface area contributed by atoms with Crippen molar-refractivity contribution in [1.29, 1.82) is 0 Å². The van der Waals surface area contributed by atoms with Crippen LogP contribution in [0.1, 0.15) is 65.5 Å². The van der Waals surface area contributed by atoms with Crippen LogP contribution in [0.3, 0.4) is 0 Å². The number of aliphatic hydroxyl groups is 1. The zero-order valence-electron chi connectivity index (χ0n) is 30.7. The van der Waals surface area contributed by atoms with E-state index in [2.05, 4.69) is 40.5 Å². The number of anilines is 4. The molecule has 8 rings (SSSR count). The Bertz CT molecular complexity index is 2170. The molecule has 4 aromatic rings. The molecule has 2 fully saturated rings. The number of ether oxygens (including phenoxy) is 1. The Kier molecular flexibility index (Phi) is 9.08. The van der Waals surface area contributed by atoms with Gasteiger partial charge in [0.25, 0.3) is 11.5 Å². The van der Waals surface area contributed by atoms with Crippen molar-refractivity contribution >= 4 is 34.7 Å². The molecule has 4 aliphatic rings. The van der Waals surface area contributed by atoms with Crippen LogP contribution in [0.5, 0.6) is 0 Å². The third-order valence-electron chi connectivity index (χ3n) is 11.4. The Morgan fingerprint density at radius 2 is 1.87 bits per heavy atom. The lowest BCUT2D eigenvalue weighted by atomic mass is 9.87. The van der Waals surface area contributed by atoms with E-state index in [1.165, 1.54) is 21.9 Å². The molecule has 0 unspecified atom stereocenters. The number of aromatic nitrogens is 3. The van der Waals surface area contributed by atoms with Crippen molar-refractivity contribution in [2.75, 3.05) is 48.4 Å². The van der Waals surface area contributed by atoms with Crippen LogP contribution in [0.2, 0.25) is 0 Å². The number of piperidine rings is 1. The standard InChI is InChI=1S/C41H47N7O5/c1-5-37(50)43-32-18-27(9-10-29(32)25-11-13-46(14-12-25)28-23-53-24-28)42-38-40(52)45(4)21-33(44-38)30-7-6-8-34(31(30)22-49)48-16-15-47-35(39(48)51)17-26-19-41(2,3)20-36(26)47/h5-10,17-18,21,25,28,49H,1,11-16,19-20,22-24H2,2-4H3,(H,42,44)(H,43,50). The first kappa shape index (κ1) is 35.0. The fraction of sp³-hybridized carbons (Fsp3) is 0.415. The average molecular weight is 718 g/mol. The number of carbonyl (C=O) groups is 2. The number of rotatable bonds is 9. The number of carbonyl (C=O) groups excluding carboxylic acids is 2. The maximum absolute atomic E-state index is 14.0. The van der Waals surface area contributed by atoms with Gasteiger partial charge < -0.3 is 34.5 Å². The van der Waals surface area contributed by atoms with Gasteiger partial charge in [0.15, 0.2) is 5.82 Å². The molecule has 0 radical (unpaired) electrons. The molecule has 2 aromatic heterocycles. The Hall–Kier alpha value is -5.04. The van der Waals surface area contributed by atoms with Crippen LogP contribution in [0.4, 0.5) is 22.9 Å². The summed E-state index contributed by atoms with van der Waals surface area (Å²) < 4.78 is 9.02. The van der Waals surface area contributed by atoms with Crippen molar-refractivity contribution in [3.8, 4) is 11.3 Å². The first-order valence-corrected chi connectivity index (χ1v) is 18.5. The zero-order valence-corrected chi connectivity index (χ0v) is 30.7. The van der Waals surface area contributed by atoms with Crippen molar-refractivity contribution in [3.05, 3.63) is 99.7 Å². The maximum Gasteiger partial charge on any atom is 0.293 e. The average Bonchev–Trinajstić information content (AvgIpc) is 3.61. The SMILES string of the molecule is C=CC(=O)Nc1cc(Nc2nc(-c3cccc(N4CCn5c(cc6c5CC(C)(C)C6)C4=O)c3CO)cn(C)c2=O)ccc1C1CCN(C2COC2)CC1. The van der Waals surface area contributed by atoms with Gasteiger partial charge in [0.1, 0.15) is 5.69 Å². The van der Waals surface area contributed by atoms with Gasteiger partial charge in [-0.15, -0.1) is 0 Å². The van der Waals surface area contributed by atoms with Gasteiger partial charge in [-0.25, -0.2) is 4.98 Å². The largest absolute Gasteiger partial charge is 0.392 e. The van der Waals surface area contributed by atoms with Crippen LogP contribution in [0.15, 0.2) is 66.1 Å². The zero-order chi connectivity index (χ0) is 37.0. The molecule has 12 nitrogen and oxygen atoms in total. The minimum atomic E-state index is -0.341. The summed E-state index contributed by atoms with van der Waals surface area (Å²) in [4.78, 5) is 49.0. The number of amides is 2. The number of hydrogen-bond acceptors (Lipinski definition) is 8. The summed E-state index contributed by atoms with van der Waals surface area (Å²) in [6, 6.07) is 13.9. The van der Waals surface area contributed by atoms with Crippen LogP contribution in [-0.2, 0) is 42.6 Å². The quantitative estimate of drug-likeness (QED) is 0.207. The number of fused-ring (bicyclic) bond motifs is 3. The van der Waals surface area contributed by atoms with Crippen molar-refractivity contribution in [2.24, 2.45) is 12.5 Å². The van der Waals surface area contributed by atoms with Crippen molar-refractivity contribution < 1.29 is 19.4 Å². The topological polar surface area (TPSA) is 134 Å². The Morgan fingerprint density at radius 3 is 2.58 bits per heavy atom. The summed E-state index contributed by atoms with van der Waals surface area (Å²) in [5.74, 6) is -0.0434. The highest BCUT2D eigenvalue weighted by molar-refractivity contribution is 6.07. The van der Waals surface area contributed by atoms with Gasteiger partial charge >= 0.3 is 0 Å². The Labute approximate surface area is 309 Å². The minimum absolute atomic E-state index is 0.0904. The second-order valence-electron chi connectivity index (χ2n) is 15.6. The van der Waals surface area contributed by atoms with Gasteiger partial charge in [-0.05, 0) is 91.6 Å². The van der Waals surface area contributed by atoms with Crippen LogP contribution < -0.4 is 21.1 Å². The van der Waals surface area contributed by atoms with E-state index in [1.807, 2.05) is 42.5 Å². The predicted octanol–water partition coefficient (Wildman–Crippen LogP) is 4.97. The van der Waals surface area contributed by atoms with Gasteiger partial charge in [-0.1, -0.05) is 38.6 Å². The third kappa shape index (κ3) is 6.49. The van der Waals surface area contributed by atoms with E-state index in [0.29, 0.717) is 58.7 Å². The lowest BCUT2D eigenvalue weighted by Gasteiger charge is -2.41. The molecule has 53 heavy (non-hydrogen) atoms. The summed E-state index contributed by atoms with van der Waals surface area (Å²) in [5.41, 5.74) is 7.61. The van der Waals surface area contributed by atoms with Crippen LogP contribution >= 0.6 is 0 Å². The highest BCUT2D eigenvalue weighted by Crippen LogP contribution is 2.41. The van der Waals surface area contributed by atoms with E-state index in [-0.39, 0.29) is 41.1 Å². The number of likely N-dealkylation sites (tertiary alicyclic amines) is 1. The molecule has 3 aliphatic heterocycles. The molecule has 0 saturated carbocycles. The number of nitrogens with zero attached hydrogens (tertiary/aromatic N) is 5. The molecule has 2 saturated heterocycles. The molecule has 2 aromatic carbocycles. The Morgan fingerprint density at radius 1 is 1.08 bits per heavy atom. The first-order valence-electron chi connectivity index (χ1n) is 18.5. The molecular formula is C41H47N7O5. The number of nitrogens with one attached hydrogen (secondary N) is 2.